The molecule has 1 atom stereocenters. The first-order valence-electron chi connectivity index (χ1n) is 7.63. The third-order valence-corrected chi connectivity index (χ3v) is 6.68. The van der Waals surface area contributed by atoms with Crippen molar-refractivity contribution in [3.8, 4) is 0 Å². The van der Waals surface area contributed by atoms with Crippen LogP contribution in [-0.2, 0) is 21.2 Å². The number of likely N-dealkylation sites (tertiary alicyclic amines) is 1. The van der Waals surface area contributed by atoms with Gasteiger partial charge in [0.15, 0.2) is 0 Å². The van der Waals surface area contributed by atoms with Gasteiger partial charge in [-0.05, 0) is 35.6 Å². The van der Waals surface area contributed by atoms with Gasteiger partial charge in [0.05, 0.1) is 6.42 Å². The van der Waals surface area contributed by atoms with E-state index < -0.39 is 10.0 Å². The number of carbonyl (C=O) groups is 1. The fourth-order valence-electron chi connectivity index (χ4n) is 2.61. The second-order valence-electron chi connectivity index (χ2n) is 5.80. The quantitative estimate of drug-likeness (QED) is 0.802. The molecule has 25 heavy (non-hydrogen) atoms. The third kappa shape index (κ3) is 4.94. The number of halogens is 1. The Balaban J connectivity index is 0.00000225. The van der Waals surface area contributed by atoms with Gasteiger partial charge in [0, 0.05) is 24.8 Å². The molecule has 1 aromatic carbocycles. The maximum Gasteiger partial charge on any atom is 0.271 e. The minimum atomic E-state index is -3.55. The summed E-state index contributed by atoms with van der Waals surface area (Å²) in [4.78, 5) is 14.0. The number of hydrogen-bond donors (Lipinski definition) is 2. The summed E-state index contributed by atoms with van der Waals surface area (Å²) >= 11 is 1.16. The van der Waals surface area contributed by atoms with E-state index in [2.05, 4.69) is 4.72 Å². The highest BCUT2D eigenvalue weighted by Gasteiger charge is 2.23. The fraction of sp³-hybridized carbons (Fsp3) is 0.312. The number of hydrogen-bond acceptors (Lipinski definition) is 5. The predicted octanol–water partition coefficient (Wildman–Crippen LogP) is 2.07. The molecule has 136 valence electrons. The minimum absolute atomic E-state index is 0. The molecule has 0 aliphatic carbocycles. The van der Waals surface area contributed by atoms with Crippen LogP contribution in [0.15, 0.2) is 46.0 Å². The normalized spacial score (nSPS) is 17.2. The van der Waals surface area contributed by atoms with Gasteiger partial charge in [-0.15, -0.1) is 23.7 Å². The van der Waals surface area contributed by atoms with Crippen LogP contribution in [0.5, 0.6) is 0 Å². The molecule has 9 heteroatoms. The lowest BCUT2D eigenvalue weighted by atomic mass is 10.1. The zero-order valence-electron chi connectivity index (χ0n) is 13.4. The van der Waals surface area contributed by atoms with Crippen molar-refractivity contribution in [1.82, 2.24) is 4.90 Å². The molecule has 0 bridgehead atoms. The lowest BCUT2D eigenvalue weighted by Gasteiger charge is -2.15. The van der Waals surface area contributed by atoms with Crippen molar-refractivity contribution in [3.05, 3.63) is 47.3 Å². The molecule has 1 amide bonds. The van der Waals surface area contributed by atoms with Crippen LogP contribution >= 0.6 is 23.7 Å². The number of nitrogens with zero attached hydrogens (tertiary/aromatic N) is 1. The highest BCUT2D eigenvalue weighted by Crippen LogP contribution is 2.20. The molecule has 6 nitrogen and oxygen atoms in total. The first-order valence-corrected chi connectivity index (χ1v) is 9.99. The first-order chi connectivity index (χ1) is 11.4. The van der Waals surface area contributed by atoms with E-state index in [4.69, 9.17) is 5.73 Å². The van der Waals surface area contributed by atoms with Crippen molar-refractivity contribution >= 4 is 45.4 Å². The molecule has 1 fully saturated rings. The number of anilines is 1. The average molecular weight is 402 g/mol. The van der Waals surface area contributed by atoms with Gasteiger partial charge < -0.3 is 10.6 Å². The van der Waals surface area contributed by atoms with E-state index in [1.54, 1.807) is 46.7 Å². The summed E-state index contributed by atoms with van der Waals surface area (Å²) in [6.07, 6.45) is 1.14. The summed E-state index contributed by atoms with van der Waals surface area (Å²) < 4.78 is 27.1. The molecule has 3 rings (SSSR count). The van der Waals surface area contributed by atoms with Crippen molar-refractivity contribution in [2.45, 2.75) is 23.1 Å². The second kappa shape index (κ2) is 8.18. The number of rotatable bonds is 5. The fourth-order valence-corrected chi connectivity index (χ4v) is 4.66. The molecular weight excluding hydrogens is 382 g/mol. The molecule has 2 heterocycles. The van der Waals surface area contributed by atoms with Crippen LogP contribution in [0.25, 0.3) is 0 Å². The summed E-state index contributed by atoms with van der Waals surface area (Å²) in [5, 5.41) is 1.72. The third-order valence-electron chi connectivity index (χ3n) is 3.90. The van der Waals surface area contributed by atoms with Gasteiger partial charge in [-0.2, -0.15) is 0 Å². The van der Waals surface area contributed by atoms with E-state index in [0.29, 0.717) is 25.2 Å². The molecule has 0 spiro atoms. The monoisotopic (exact) mass is 401 g/mol. The van der Waals surface area contributed by atoms with Crippen molar-refractivity contribution < 1.29 is 13.2 Å². The SMILES string of the molecule is Cl.N[C@@H]1CCN(C(=O)Cc2ccc(NS(=O)(=O)c3cccs3)cc2)C1. The van der Waals surface area contributed by atoms with Crippen LogP contribution < -0.4 is 10.5 Å². The van der Waals surface area contributed by atoms with Crippen LogP contribution in [0.3, 0.4) is 0 Å². The molecule has 2 aromatic rings. The van der Waals surface area contributed by atoms with E-state index in [0.717, 1.165) is 23.3 Å². The van der Waals surface area contributed by atoms with Gasteiger partial charge in [0.1, 0.15) is 4.21 Å². The smallest absolute Gasteiger partial charge is 0.271 e. The average Bonchev–Trinajstić information content (AvgIpc) is 3.20. The van der Waals surface area contributed by atoms with Gasteiger partial charge in [-0.1, -0.05) is 18.2 Å². The molecule has 0 saturated carbocycles. The lowest BCUT2D eigenvalue weighted by Crippen LogP contribution is -2.32. The maximum absolute atomic E-state index is 12.2. The van der Waals surface area contributed by atoms with E-state index in [9.17, 15) is 13.2 Å². The zero-order valence-corrected chi connectivity index (χ0v) is 15.9. The summed E-state index contributed by atoms with van der Waals surface area (Å²) in [7, 11) is -3.55. The predicted molar refractivity (Wildman–Crippen MR) is 102 cm³/mol. The van der Waals surface area contributed by atoms with Gasteiger partial charge in [-0.3, -0.25) is 9.52 Å². The summed E-state index contributed by atoms with van der Waals surface area (Å²) in [5.41, 5.74) is 7.14. The summed E-state index contributed by atoms with van der Waals surface area (Å²) in [6, 6.07) is 10.2. The van der Waals surface area contributed by atoms with Gasteiger partial charge in [0.25, 0.3) is 10.0 Å². The molecular formula is C16H20ClN3O3S2. The summed E-state index contributed by atoms with van der Waals surface area (Å²) in [6.45, 7) is 1.32. The maximum atomic E-state index is 12.2. The number of amides is 1. The van der Waals surface area contributed by atoms with E-state index >= 15 is 0 Å². The van der Waals surface area contributed by atoms with E-state index in [-0.39, 0.29) is 28.6 Å². The first kappa shape index (κ1) is 19.7. The Labute approximate surface area is 157 Å². The topological polar surface area (TPSA) is 92.5 Å². The highest BCUT2D eigenvalue weighted by molar-refractivity contribution is 7.94. The Morgan fingerprint density at radius 3 is 2.56 bits per heavy atom. The minimum Gasteiger partial charge on any atom is -0.341 e. The second-order valence-corrected chi connectivity index (χ2v) is 8.66. The van der Waals surface area contributed by atoms with Gasteiger partial charge in [-0.25, -0.2) is 8.42 Å². The Bertz CT molecular complexity index is 808. The Morgan fingerprint density at radius 2 is 2.00 bits per heavy atom. The molecule has 1 saturated heterocycles. The van der Waals surface area contributed by atoms with Crippen LogP contribution in [0.2, 0.25) is 0 Å². The Hall–Kier alpha value is -1.61. The van der Waals surface area contributed by atoms with Gasteiger partial charge in [0.2, 0.25) is 5.91 Å². The number of nitrogens with two attached hydrogens (primary N) is 1. The largest absolute Gasteiger partial charge is 0.341 e. The molecule has 0 unspecified atom stereocenters. The van der Waals surface area contributed by atoms with E-state index in [1.165, 1.54) is 0 Å². The number of carbonyl (C=O) groups excluding carboxylic acids is 1. The molecule has 1 aromatic heterocycles. The van der Waals surface area contributed by atoms with Crippen molar-refractivity contribution in [2.24, 2.45) is 5.73 Å². The number of thiophene rings is 1. The summed E-state index contributed by atoms with van der Waals surface area (Å²) in [5.74, 6) is 0.0508. The van der Waals surface area contributed by atoms with Crippen LogP contribution in [0.4, 0.5) is 5.69 Å². The number of sulfonamides is 1. The molecule has 3 N–H and O–H groups in total. The Morgan fingerprint density at radius 1 is 1.28 bits per heavy atom. The van der Waals surface area contributed by atoms with Crippen LogP contribution in [0.1, 0.15) is 12.0 Å². The molecule has 0 radical (unpaired) electrons. The van der Waals surface area contributed by atoms with Crippen LogP contribution in [-0.4, -0.2) is 38.4 Å². The zero-order chi connectivity index (χ0) is 17.2. The lowest BCUT2D eigenvalue weighted by molar-refractivity contribution is -0.129. The van der Waals surface area contributed by atoms with E-state index in [1.807, 2.05) is 0 Å². The van der Waals surface area contributed by atoms with Crippen LogP contribution in [0, 0.1) is 0 Å². The highest BCUT2D eigenvalue weighted by atomic mass is 35.5. The van der Waals surface area contributed by atoms with Crippen molar-refractivity contribution in [1.29, 1.82) is 0 Å². The Kier molecular flexibility index (Phi) is 6.45. The van der Waals surface area contributed by atoms with Crippen molar-refractivity contribution in [2.75, 3.05) is 17.8 Å². The number of nitrogens with one attached hydrogen (secondary N) is 1. The molecule has 1 aliphatic heterocycles. The standard InChI is InChI=1S/C16H19N3O3S2.ClH/c17-13-7-8-19(11-13)15(20)10-12-3-5-14(6-4-12)18-24(21,22)16-2-1-9-23-16;/h1-6,9,13,18H,7-8,10-11,17H2;1H/t13-;/m1./s1. The van der Waals surface area contributed by atoms with Crippen molar-refractivity contribution in [3.63, 3.8) is 0 Å². The number of benzene rings is 1. The molecule has 1 aliphatic rings. The van der Waals surface area contributed by atoms with Gasteiger partial charge >= 0.3 is 0 Å².